The van der Waals surface area contributed by atoms with E-state index < -0.39 is 0 Å². The summed E-state index contributed by atoms with van der Waals surface area (Å²) in [4.78, 5) is 5.28. The number of anilines is 6. The van der Waals surface area contributed by atoms with Crippen molar-refractivity contribution in [3.8, 4) is 39.1 Å². The van der Waals surface area contributed by atoms with E-state index in [4.69, 9.17) is 0 Å². The Morgan fingerprint density at radius 2 is 0.625 bits per heavy atom. The average molecular weight is 1260 g/mol. The lowest BCUT2D eigenvalue weighted by Gasteiger charge is -2.44. The molecule has 11 aromatic rings. The van der Waals surface area contributed by atoms with Crippen molar-refractivity contribution in [1.82, 2.24) is 4.57 Å². The van der Waals surface area contributed by atoms with Crippen LogP contribution >= 0.6 is 0 Å². The van der Waals surface area contributed by atoms with Gasteiger partial charge in [0.25, 0.3) is 6.71 Å². The predicted octanol–water partition coefficient (Wildman–Crippen LogP) is 24.2. The minimum atomic E-state index is -0.147. The first-order valence-electron chi connectivity index (χ1n) is 35.4. The van der Waals surface area contributed by atoms with E-state index in [9.17, 15) is 0 Å². The van der Waals surface area contributed by atoms with Crippen molar-refractivity contribution in [2.75, 3.05) is 9.80 Å². The molecule has 2 aliphatic heterocycles. The maximum absolute atomic E-state index is 2.68. The van der Waals surface area contributed by atoms with Crippen molar-refractivity contribution >= 4 is 79.0 Å². The second-order valence-electron chi connectivity index (χ2n) is 36.6. The fourth-order valence-electron chi connectivity index (χ4n) is 14.7. The van der Waals surface area contributed by atoms with Gasteiger partial charge in [-0.05, 0) is 204 Å². The highest BCUT2D eigenvalue weighted by molar-refractivity contribution is 7.00. The van der Waals surface area contributed by atoms with Gasteiger partial charge in [0, 0.05) is 44.9 Å². The van der Waals surface area contributed by atoms with Crippen LogP contribution in [0.2, 0.25) is 0 Å². The van der Waals surface area contributed by atoms with Gasteiger partial charge >= 0.3 is 0 Å². The Kier molecular flexibility index (Phi) is 15.6. The molecule has 96 heavy (non-hydrogen) atoms. The third-order valence-electron chi connectivity index (χ3n) is 20.9. The van der Waals surface area contributed by atoms with Crippen molar-refractivity contribution < 1.29 is 0 Å². The summed E-state index contributed by atoms with van der Waals surface area (Å²) in [5.74, 6) is 0. The molecule has 0 radical (unpaired) electrons. The Balaban J connectivity index is 1.15. The molecular formula is C92H104BN3. The SMILES string of the molecule is CC(C)(C)c1cc(-c2cccc(N3c4ccc(-c5cc(C(C)(C)C)cc(C(C)(C)C)c5)cc4B4c5ccc6c(c5N(c5cccc(-c7cc(C(C)(C)C)cc(C(C)(C)C)c7)c5)c5cccc3c54)c3ccccc3n6-c3cc(C(C)(C)C)cc(C(C)(C)C)c3)c2)cc(C(C)(C)C)c1. The Labute approximate surface area is 577 Å². The molecule has 1 aromatic heterocycles. The average Bonchev–Trinajstić information content (AvgIpc) is 1.18. The van der Waals surface area contributed by atoms with E-state index in [0.717, 1.165) is 11.4 Å². The Morgan fingerprint density at radius 1 is 0.250 bits per heavy atom. The lowest BCUT2D eigenvalue weighted by Crippen LogP contribution is -2.61. The van der Waals surface area contributed by atoms with Gasteiger partial charge in [-0.1, -0.05) is 294 Å². The highest BCUT2D eigenvalue weighted by atomic mass is 15.2. The van der Waals surface area contributed by atoms with Crippen LogP contribution in [0.5, 0.6) is 0 Å². The molecule has 0 amide bonds. The van der Waals surface area contributed by atoms with Crippen LogP contribution in [0.25, 0.3) is 60.9 Å². The molecule has 3 nitrogen and oxygen atoms in total. The lowest BCUT2D eigenvalue weighted by molar-refractivity contribution is 0.567. The molecule has 13 rings (SSSR count). The first-order valence-corrected chi connectivity index (χ1v) is 35.4. The molecule has 0 bridgehead atoms. The van der Waals surface area contributed by atoms with Gasteiger partial charge in [-0.15, -0.1) is 0 Å². The van der Waals surface area contributed by atoms with Gasteiger partial charge in [0.05, 0.1) is 16.7 Å². The Bertz CT molecular complexity index is 4780. The lowest BCUT2D eigenvalue weighted by atomic mass is 9.33. The van der Waals surface area contributed by atoms with E-state index >= 15 is 0 Å². The summed E-state index contributed by atoms with van der Waals surface area (Å²) in [6, 6.07) is 77.2. The molecule has 0 saturated carbocycles. The van der Waals surface area contributed by atoms with Crippen molar-refractivity contribution in [3.63, 3.8) is 0 Å². The fraction of sp³-hybridized carbons (Fsp3) is 0.348. The molecule has 0 aliphatic carbocycles. The number of aromatic nitrogens is 1. The Hall–Kier alpha value is -8.34. The number of benzene rings is 10. The standard InChI is InChI=1S/C92H104BN3/c1-85(2,3)63-42-60(43-64(51-63)86(4,5)6)57-30-27-32-71(48-57)94-78-40-38-59(62-46-67(89(13,14)15)53-68(47-62)90(16,17)18)50-76(78)93-75-39-41-79-82(74-34-25-26-35-77(74)95(79)73-55-69(91(19,20)21)54-70(56-73)92(22,23)24)84(75)96(81-37-29-36-80(94)83(81)93)72-33-28-31-58(49-72)61-44-65(87(7,8)9)52-66(45-61)88(10,11)12/h25-56H,1-24H3. The second-order valence-corrected chi connectivity index (χ2v) is 36.6. The van der Waals surface area contributed by atoms with Gasteiger partial charge < -0.3 is 14.4 Å². The molecule has 10 aromatic carbocycles. The van der Waals surface area contributed by atoms with Crippen molar-refractivity contribution in [3.05, 3.63) is 239 Å². The monoisotopic (exact) mass is 1260 g/mol. The third kappa shape index (κ3) is 12.0. The van der Waals surface area contributed by atoms with E-state index in [1.54, 1.807) is 0 Å². The summed E-state index contributed by atoms with van der Waals surface area (Å²) >= 11 is 0. The third-order valence-corrected chi connectivity index (χ3v) is 20.9. The summed E-state index contributed by atoms with van der Waals surface area (Å²) in [5, 5.41) is 2.48. The number of nitrogens with zero attached hydrogens (tertiary/aromatic N) is 3. The smallest absolute Gasteiger partial charge is 0.252 e. The van der Waals surface area contributed by atoms with Crippen LogP contribution < -0.4 is 26.2 Å². The molecule has 0 atom stereocenters. The molecule has 4 heteroatoms. The van der Waals surface area contributed by atoms with E-state index in [0.29, 0.717) is 0 Å². The van der Waals surface area contributed by atoms with Gasteiger partial charge in [-0.3, -0.25) is 0 Å². The normalized spacial score (nSPS) is 14.0. The van der Waals surface area contributed by atoms with Crippen molar-refractivity contribution in [2.24, 2.45) is 0 Å². The van der Waals surface area contributed by atoms with Crippen LogP contribution in [0, 0.1) is 0 Å². The first-order chi connectivity index (χ1) is 44.6. The van der Waals surface area contributed by atoms with E-state index in [-0.39, 0.29) is 50.0 Å². The quantitative estimate of drug-likeness (QED) is 0.154. The van der Waals surface area contributed by atoms with Gasteiger partial charge in [-0.25, -0.2) is 0 Å². The zero-order valence-electron chi connectivity index (χ0n) is 62.4. The van der Waals surface area contributed by atoms with Crippen LogP contribution in [-0.2, 0) is 43.3 Å². The molecule has 0 spiro atoms. The topological polar surface area (TPSA) is 11.4 Å². The predicted molar refractivity (Wildman–Crippen MR) is 421 cm³/mol. The minimum absolute atomic E-state index is 0.0313. The zero-order valence-corrected chi connectivity index (χ0v) is 62.4. The second kappa shape index (κ2) is 22.6. The highest BCUT2D eigenvalue weighted by Gasteiger charge is 2.45. The van der Waals surface area contributed by atoms with Gasteiger partial charge in [0.15, 0.2) is 0 Å². The highest BCUT2D eigenvalue weighted by Crippen LogP contribution is 2.51. The van der Waals surface area contributed by atoms with Gasteiger partial charge in [0.1, 0.15) is 0 Å². The van der Waals surface area contributed by atoms with Crippen LogP contribution in [0.4, 0.5) is 34.1 Å². The first kappa shape index (κ1) is 66.3. The molecule has 3 heterocycles. The largest absolute Gasteiger partial charge is 0.311 e. The summed E-state index contributed by atoms with van der Waals surface area (Å²) in [6.07, 6.45) is 0. The van der Waals surface area contributed by atoms with Crippen LogP contribution in [-0.4, -0.2) is 11.3 Å². The van der Waals surface area contributed by atoms with Crippen LogP contribution in [0.3, 0.4) is 0 Å². The number of hydrogen-bond acceptors (Lipinski definition) is 2. The van der Waals surface area contributed by atoms with Crippen LogP contribution in [0.1, 0.15) is 211 Å². The molecule has 0 unspecified atom stereocenters. The van der Waals surface area contributed by atoms with Gasteiger partial charge in [0.2, 0.25) is 0 Å². The molecule has 0 fully saturated rings. The zero-order chi connectivity index (χ0) is 69.1. The van der Waals surface area contributed by atoms with Gasteiger partial charge in [-0.2, -0.15) is 0 Å². The fourth-order valence-corrected chi connectivity index (χ4v) is 14.7. The molecule has 490 valence electrons. The van der Waals surface area contributed by atoms with E-state index in [1.807, 2.05) is 0 Å². The summed E-state index contributed by atoms with van der Waals surface area (Å²) in [6.45, 7) is 56.2. The number of hydrogen-bond donors (Lipinski definition) is 0. The van der Waals surface area contributed by atoms with Crippen molar-refractivity contribution in [2.45, 2.75) is 209 Å². The molecular weight excluding hydrogens is 1160 g/mol. The number of rotatable bonds is 6. The van der Waals surface area contributed by atoms with Crippen molar-refractivity contribution in [1.29, 1.82) is 0 Å². The maximum Gasteiger partial charge on any atom is 0.252 e. The van der Waals surface area contributed by atoms with E-state index in [1.165, 1.54) is 145 Å². The molecule has 0 N–H and O–H groups in total. The minimum Gasteiger partial charge on any atom is -0.311 e. The summed E-state index contributed by atoms with van der Waals surface area (Å²) in [5.41, 5.74) is 32.2. The molecule has 0 saturated heterocycles. The number of para-hydroxylation sites is 1. The number of fused-ring (bicyclic) bond motifs is 8. The molecule has 2 aliphatic rings. The maximum atomic E-state index is 2.68. The van der Waals surface area contributed by atoms with Crippen LogP contribution in [0.15, 0.2) is 194 Å². The summed E-state index contributed by atoms with van der Waals surface area (Å²) < 4.78 is 2.58. The Morgan fingerprint density at radius 3 is 1.05 bits per heavy atom. The summed E-state index contributed by atoms with van der Waals surface area (Å²) in [7, 11) is 0. The van der Waals surface area contributed by atoms with E-state index in [2.05, 4.69) is 375 Å².